The van der Waals surface area contributed by atoms with Crippen molar-refractivity contribution in [1.29, 1.82) is 0 Å². The number of fused-ring (bicyclic) bond motifs is 1. The Hall–Kier alpha value is -2.92. The number of nitrogens with zero attached hydrogens (tertiary/aromatic N) is 1. The molecule has 1 fully saturated rings. The number of aromatic amines is 1. The van der Waals surface area contributed by atoms with Crippen LogP contribution in [0.1, 0.15) is 27.1 Å². The van der Waals surface area contributed by atoms with Gasteiger partial charge in [0.2, 0.25) is 0 Å². The zero-order valence-electron chi connectivity index (χ0n) is 14.4. The Morgan fingerprint density at radius 3 is 2.77 bits per heavy atom. The van der Waals surface area contributed by atoms with Gasteiger partial charge in [-0.15, -0.1) is 0 Å². The topological polar surface area (TPSA) is 62.4 Å². The summed E-state index contributed by atoms with van der Waals surface area (Å²) in [5.74, 6) is -0.0257. The highest BCUT2D eigenvalue weighted by molar-refractivity contribution is 6.00. The molecule has 5 heteroatoms. The number of ketones is 1. The van der Waals surface area contributed by atoms with E-state index in [9.17, 15) is 9.59 Å². The lowest BCUT2D eigenvalue weighted by Crippen LogP contribution is -2.49. The van der Waals surface area contributed by atoms with Gasteiger partial charge in [-0.2, -0.15) is 0 Å². The van der Waals surface area contributed by atoms with Crippen molar-refractivity contribution in [2.24, 2.45) is 0 Å². The van der Waals surface area contributed by atoms with Crippen LogP contribution in [0.3, 0.4) is 0 Å². The van der Waals surface area contributed by atoms with Crippen molar-refractivity contribution in [2.45, 2.75) is 12.5 Å². The van der Waals surface area contributed by atoms with Gasteiger partial charge in [-0.1, -0.05) is 30.3 Å². The molecule has 0 spiro atoms. The van der Waals surface area contributed by atoms with E-state index in [1.165, 1.54) is 0 Å². The number of aromatic nitrogens is 1. The van der Waals surface area contributed by atoms with Gasteiger partial charge in [0.15, 0.2) is 5.78 Å². The maximum absolute atomic E-state index is 13.0. The van der Waals surface area contributed by atoms with Gasteiger partial charge < -0.3 is 14.6 Å². The van der Waals surface area contributed by atoms with Gasteiger partial charge in [-0.3, -0.25) is 9.59 Å². The van der Waals surface area contributed by atoms with Gasteiger partial charge >= 0.3 is 0 Å². The zero-order valence-corrected chi connectivity index (χ0v) is 14.4. The highest BCUT2D eigenvalue weighted by Gasteiger charge is 2.30. The Bertz CT molecular complexity index is 933. The zero-order chi connectivity index (χ0) is 17.9. The standard InChI is InChI=1S/C21H20N2O3/c24-20(15-4-2-1-3-5-15)13-18-14-26-11-10-23(18)21(25)17-6-7-19-16(12-17)8-9-22-19/h1-9,12,18,22H,10-11,13-14H2. The lowest BCUT2D eigenvalue weighted by atomic mass is 10.0. The fourth-order valence-corrected chi connectivity index (χ4v) is 3.40. The van der Waals surface area contributed by atoms with Crippen LogP contribution in [0.25, 0.3) is 10.9 Å². The van der Waals surface area contributed by atoms with Crippen molar-refractivity contribution >= 4 is 22.6 Å². The van der Waals surface area contributed by atoms with Crippen LogP contribution in [0.4, 0.5) is 0 Å². The molecule has 1 N–H and O–H groups in total. The number of H-pyrrole nitrogens is 1. The molecule has 1 aromatic heterocycles. The molecular weight excluding hydrogens is 328 g/mol. The van der Waals surface area contributed by atoms with Crippen LogP contribution in [0, 0.1) is 0 Å². The van der Waals surface area contributed by atoms with Crippen molar-refractivity contribution in [3.63, 3.8) is 0 Å². The summed E-state index contributed by atoms with van der Waals surface area (Å²) in [5, 5.41) is 1.00. The number of hydrogen-bond acceptors (Lipinski definition) is 3. The molecule has 3 aromatic rings. The molecule has 5 nitrogen and oxygen atoms in total. The molecule has 0 aliphatic carbocycles. The molecule has 1 unspecified atom stereocenters. The largest absolute Gasteiger partial charge is 0.377 e. The van der Waals surface area contributed by atoms with Crippen LogP contribution < -0.4 is 0 Å². The van der Waals surface area contributed by atoms with E-state index in [1.807, 2.05) is 48.7 Å². The summed E-state index contributed by atoms with van der Waals surface area (Å²) in [6.07, 6.45) is 2.12. The van der Waals surface area contributed by atoms with E-state index >= 15 is 0 Å². The molecule has 1 aliphatic rings. The second kappa shape index (κ2) is 7.14. The van der Waals surface area contributed by atoms with Gasteiger partial charge in [-0.25, -0.2) is 0 Å². The van der Waals surface area contributed by atoms with Crippen molar-refractivity contribution in [2.75, 3.05) is 19.8 Å². The molecule has 0 radical (unpaired) electrons. The Kier molecular flexibility index (Phi) is 4.54. The van der Waals surface area contributed by atoms with Gasteiger partial charge in [0.1, 0.15) is 0 Å². The quantitative estimate of drug-likeness (QED) is 0.736. The van der Waals surface area contributed by atoms with Crippen LogP contribution in [0.5, 0.6) is 0 Å². The fraction of sp³-hybridized carbons (Fsp3) is 0.238. The van der Waals surface area contributed by atoms with Crippen molar-refractivity contribution in [1.82, 2.24) is 9.88 Å². The second-order valence-corrected chi connectivity index (χ2v) is 6.50. The lowest BCUT2D eigenvalue weighted by molar-refractivity contribution is -0.00280. The first-order valence-electron chi connectivity index (χ1n) is 8.76. The van der Waals surface area contributed by atoms with E-state index in [2.05, 4.69) is 4.98 Å². The van der Waals surface area contributed by atoms with Crippen molar-refractivity contribution in [3.05, 3.63) is 71.9 Å². The molecule has 4 rings (SSSR count). The maximum Gasteiger partial charge on any atom is 0.254 e. The van der Waals surface area contributed by atoms with Gasteiger partial charge in [-0.05, 0) is 24.3 Å². The third-order valence-corrected chi connectivity index (χ3v) is 4.81. The summed E-state index contributed by atoms with van der Waals surface area (Å²) in [6.45, 7) is 1.38. The van der Waals surface area contributed by atoms with Crippen LogP contribution in [-0.4, -0.2) is 47.4 Å². The molecule has 0 bridgehead atoms. The molecule has 1 amide bonds. The normalized spacial score (nSPS) is 17.4. The minimum atomic E-state index is -0.245. The van der Waals surface area contributed by atoms with Crippen LogP contribution in [-0.2, 0) is 4.74 Å². The summed E-state index contributed by atoms with van der Waals surface area (Å²) in [5.41, 5.74) is 2.30. The number of nitrogens with one attached hydrogen (secondary N) is 1. The van der Waals surface area contributed by atoms with E-state index < -0.39 is 0 Å². The Labute approximate surface area is 151 Å². The summed E-state index contributed by atoms with van der Waals surface area (Å²) < 4.78 is 5.54. The Morgan fingerprint density at radius 1 is 1.08 bits per heavy atom. The Balaban J connectivity index is 1.54. The van der Waals surface area contributed by atoms with E-state index in [0.717, 1.165) is 10.9 Å². The van der Waals surface area contributed by atoms with Gasteiger partial charge in [0.05, 0.1) is 19.3 Å². The Morgan fingerprint density at radius 2 is 1.92 bits per heavy atom. The fourth-order valence-electron chi connectivity index (χ4n) is 3.40. The number of ether oxygens (including phenoxy) is 1. The van der Waals surface area contributed by atoms with E-state index in [-0.39, 0.29) is 24.2 Å². The lowest BCUT2D eigenvalue weighted by Gasteiger charge is -2.35. The van der Waals surface area contributed by atoms with E-state index in [4.69, 9.17) is 4.74 Å². The molecule has 1 atom stereocenters. The van der Waals surface area contributed by atoms with Crippen LogP contribution >= 0.6 is 0 Å². The highest BCUT2D eigenvalue weighted by Crippen LogP contribution is 2.20. The minimum Gasteiger partial charge on any atom is -0.377 e. The van der Waals surface area contributed by atoms with E-state index in [1.54, 1.807) is 17.0 Å². The smallest absolute Gasteiger partial charge is 0.254 e. The van der Waals surface area contributed by atoms with Crippen molar-refractivity contribution in [3.8, 4) is 0 Å². The van der Waals surface area contributed by atoms with E-state index in [0.29, 0.717) is 30.9 Å². The predicted octanol–water partition coefficient (Wildman–Crippen LogP) is 3.28. The SMILES string of the molecule is O=C(CC1COCCN1C(=O)c1ccc2[nH]ccc2c1)c1ccccc1. The van der Waals surface area contributed by atoms with Crippen LogP contribution in [0.2, 0.25) is 0 Å². The molecule has 132 valence electrons. The number of carbonyl (C=O) groups is 2. The van der Waals surface area contributed by atoms with Crippen molar-refractivity contribution < 1.29 is 14.3 Å². The number of Topliss-reactive ketones (excluding diaryl/α,β-unsaturated/α-hetero) is 1. The predicted molar refractivity (Wildman–Crippen MR) is 99.3 cm³/mol. The number of carbonyl (C=O) groups excluding carboxylic acids is 2. The average Bonchev–Trinajstić information content (AvgIpc) is 3.16. The third-order valence-electron chi connectivity index (χ3n) is 4.81. The molecular formula is C21H20N2O3. The summed E-state index contributed by atoms with van der Waals surface area (Å²) >= 11 is 0. The number of amides is 1. The summed E-state index contributed by atoms with van der Waals surface area (Å²) in [7, 11) is 0. The molecule has 1 aliphatic heterocycles. The number of rotatable bonds is 4. The first kappa shape index (κ1) is 16.5. The first-order chi connectivity index (χ1) is 12.7. The third kappa shape index (κ3) is 3.26. The number of hydrogen-bond donors (Lipinski definition) is 1. The van der Waals surface area contributed by atoms with Gasteiger partial charge in [0.25, 0.3) is 5.91 Å². The number of morpholine rings is 1. The average molecular weight is 348 g/mol. The minimum absolute atomic E-state index is 0.0278. The maximum atomic E-state index is 13.0. The molecule has 26 heavy (non-hydrogen) atoms. The molecule has 1 saturated heterocycles. The highest BCUT2D eigenvalue weighted by atomic mass is 16.5. The second-order valence-electron chi connectivity index (χ2n) is 6.50. The molecule has 0 saturated carbocycles. The van der Waals surface area contributed by atoms with Gasteiger partial charge in [0, 0.05) is 41.2 Å². The monoisotopic (exact) mass is 348 g/mol. The van der Waals surface area contributed by atoms with Crippen LogP contribution in [0.15, 0.2) is 60.8 Å². The summed E-state index contributed by atoms with van der Waals surface area (Å²) in [4.78, 5) is 30.5. The first-order valence-corrected chi connectivity index (χ1v) is 8.76. The summed E-state index contributed by atoms with van der Waals surface area (Å²) in [6, 6.07) is 16.5. The molecule has 2 aromatic carbocycles. The number of benzene rings is 2. The molecule has 2 heterocycles.